The number of rotatable bonds is 3. The Kier molecular flexibility index (Phi) is 4.35. The maximum Gasteiger partial charge on any atom is 0.258 e. The number of aromatic hydroxyl groups is 1. The topological polar surface area (TPSA) is 109 Å². The summed E-state index contributed by atoms with van der Waals surface area (Å²) in [6.45, 7) is 2.32. The lowest BCUT2D eigenvalue weighted by Crippen LogP contribution is -2.42. The van der Waals surface area contributed by atoms with E-state index >= 15 is 0 Å². The van der Waals surface area contributed by atoms with Gasteiger partial charge in [-0.3, -0.25) is 9.80 Å². The third kappa shape index (κ3) is 3.07. The highest BCUT2D eigenvalue weighted by Crippen LogP contribution is 2.31. The molecule has 0 bridgehead atoms. The SMILES string of the molecule is Cc1cccc2cc(CN3N=C(c4cccc(O)c4)C4C(N)=NC=NC43)n(C)c(=O)c12. The highest BCUT2D eigenvalue weighted by atomic mass is 16.3. The Balaban J connectivity index is 1.59. The van der Waals surface area contributed by atoms with Crippen molar-refractivity contribution in [2.45, 2.75) is 19.6 Å². The van der Waals surface area contributed by atoms with E-state index in [0.717, 1.165) is 27.6 Å². The van der Waals surface area contributed by atoms with E-state index in [4.69, 9.17) is 10.8 Å². The maximum atomic E-state index is 13.0. The van der Waals surface area contributed by atoms with Gasteiger partial charge in [0, 0.05) is 18.3 Å². The van der Waals surface area contributed by atoms with E-state index in [0.29, 0.717) is 18.1 Å². The van der Waals surface area contributed by atoms with Crippen molar-refractivity contribution in [1.29, 1.82) is 0 Å². The molecule has 156 valence electrons. The molecule has 1 aromatic heterocycles. The number of phenols is 1. The largest absolute Gasteiger partial charge is 0.508 e. The minimum Gasteiger partial charge on any atom is -0.508 e. The molecule has 3 aromatic rings. The molecule has 5 rings (SSSR count). The van der Waals surface area contributed by atoms with E-state index in [-0.39, 0.29) is 23.4 Å². The fourth-order valence-electron chi connectivity index (χ4n) is 4.30. The van der Waals surface area contributed by atoms with Crippen LogP contribution in [0.15, 0.2) is 68.4 Å². The minimum absolute atomic E-state index is 0.0354. The van der Waals surface area contributed by atoms with Crippen molar-refractivity contribution in [2.75, 3.05) is 0 Å². The number of phenolic OH excluding ortho intramolecular Hbond substituents is 1. The number of aliphatic imine (C=N–C) groups is 2. The number of hydrogen-bond donors (Lipinski definition) is 2. The molecule has 31 heavy (non-hydrogen) atoms. The molecule has 0 spiro atoms. The van der Waals surface area contributed by atoms with Gasteiger partial charge >= 0.3 is 0 Å². The normalized spacial score (nSPS) is 20.0. The number of hydrogen-bond acceptors (Lipinski definition) is 7. The summed E-state index contributed by atoms with van der Waals surface area (Å²) in [6.07, 6.45) is 1.09. The van der Waals surface area contributed by atoms with Crippen LogP contribution in [0.25, 0.3) is 10.8 Å². The van der Waals surface area contributed by atoms with Crippen LogP contribution in [-0.4, -0.2) is 38.7 Å². The first-order valence-electron chi connectivity index (χ1n) is 10.0. The number of nitrogens with zero attached hydrogens (tertiary/aromatic N) is 5. The van der Waals surface area contributed by atoms with Crippen LogP contribution in [0.1, 0.15) is 16.8 Å². The number of hydrazone groups is 1. The van der Waals surface area contributed by atoms with Crippen LogP contribution in [0.4, 0.5) is 0 Å². The van der Waals surface area contributed by atoms with Crippen LogP contribution in [0.5, 0.6) is 5.75 Å². The fraction of sp³-hybridized carbons (Fsp3) is 0.217. The molecule has 2 unspecified atom stereocenters. The summed E-state index contributed by atoms with van der Waals surface area (Å²) in [5.74, 6) is 0.247. The summed E-state index contributed by atoms with van der Waals surface area (Å²) in [4.78, 5) is 21.7. The lowest BCUT2D eigenvalue weighted by Gasteiger charge is -2.26. The Morgan fingerprint density at radius 3 is 2.77 bits per heavy atom. The van der Waals surface area contributed by atoms with Gasteiger partial charge in [-0.1, -0.05) is 30.3 Å². The van der Waals surface area contributed by atoms with E-state index in [9.17, 15) is 9.90 Å². The van der Waals surface area contributed by atoms with Gasteiger partial charge in [-0.05, 0) is 36.1 Å². The highest BCUT2D eigenvalue weighted by Gasteiger charge is 2.41. The van der Waals surface area contributed by atoms with Crippen molar-refractivity contribution in [2.24, 2.45) is 33.8 Å². The van der Waals surface area contributed by atoms with E-state index < -0.39 is 0 Å². The Hall–Kier alpha value is -3.94. The molecule has 0 aliphatic carbocycles. The van der Waals surface area contributed by atoms with Crippen molar-refractivity contribution in [3.63, 3.8) is 0 Å². The predicted molar refractivity (Wildman–Crippen MR) is 122 cm³/mol. The van der Waals surface area contributed by atoms with Crippen molar-refractivity contribution in [1.82, 2.24) is 9.58 Å². The third-order valence-corrected chi connectivity index (χ3v) is 5.92. The maximum absolute atomic E-state index is 13.0. The molecule has 0 saturated heterocycles. The van der Waals surface area contributed by atoms with Crippen LogP contribution in [0, 0.1) is 12.8 Å². The second-order valence-electron chi connectivity index (χ2n) is 7.88. The molecule has 0 amide bonds. The molecule has 2 aromatic carbocycles. The van der Waals surface area contributed by atoms with Crippen LogP contribution in [0.2, 0.25) is 0 Å². The van der Waals surface area contributed by atoms with Crippen molar-refractivity contribution in [3.05, 3.63) is 75.7 Å². The molecule has 3 N–H and O–H groups in total. The Morgan fingerprint density at radius 1 is 1.16 bits per heavy atom. The molecular formula is C23H22N6O2. The lowest BCUT2D eigenvalue weighted by molar-refractivity contribution is 0.209. The number of pyridine rings is 1. The molecule has 0 radical (unpaired) electrons. The first-order chi connectivity index (χ1) is 14.9. The van der Waals surface area contributed by atoms with Crippen molar-refractivity contribution >= 4 is 28.7 Å². The summed E-state index contributed by atoms with van der Waals surface area (Å²) in [5, 5.41) is 18.2. The molecular weight excluding hydrogens is 392 g/mol. The minimum atomic E-state index is -0.363. The molecule has 0 saturated carbocycles. The fourth-order valence-corrected chi connectivity index (χ4v) is 4.30. The van der Waals surface area contributed by atoms with E-state index in [1.807, 2.05) is 42.3 Å². The number of aromatic nitrogens is 1. The van der Waals surface area contributed by atoms with Crippen LogP contribution < -0.4 is 11.3 Å². The van der Waals surface area contributed by atoms with Gasteiger partial charge in [0.2, 0.25) is 0 Å². The second-order valence-corrected chi connectivity index (χ2v) is 7.88. The summed E-state index contributed by atoms with van der Waals surface area (Å²) < 4.78 is 1.66. The van der Waals surface area contributed by atoms with Crippen molar-refractivity contribution < 1.29 is 5.11 Å². The number of amidine groups is 1. The zero-order chi connectivity index (χ0) is 21.7. The summed E-state index contributed by atoms with van der Waals surface area (Å²) in [5.41, 5.74) is 9.41. The quantitative estimate of drug-likeness (QED) is 0.684. The van der Waals surface area contributed by atoms with Gasteiger partial charge in [-0.25, -0.2) is 9.98 Å². The molecule has 3 heterocycles. The van der Waals surface area contributed by atoms with Crippen LogP contribution in [-0.2, 0) is 13.6 Å². The molecule has 8 nitrogen and oxygen atoms in total. The first kappa shape index (κ1) is 19.0. The van der Waals surface area contributed by atoms with Crippen molar-refractivity contribution in [3.8, 4) is 5.75 Å². The smallest absolute Gasteiger partial charge is 0.258 e. The number of fused-ring (bicyclic) bond motifs is 2. The monoisotopic (exact) mass is 414 g/mol. The van der Waals surface area contributed by atoms with Crippen LogP contribution >= 0.6 is 0 Å². The zero-order valence-electron chi connectivity index (χ0n) is 17.2. The average Bonchev–Trinajstić information content (AvgIpc) is 3.11. The van der Waals surface area contributed by atoms with Crippen LogP contribution in [0.3, 0.4) is 0 Å². The van der Waals surface area contributed by atoms with E-state index in [1.165, 1.54) is 6.34 Å². The summed E-state index contributed by atoms with van der Waals surface area (Å²) in [6, 6.07) is 14.8. The van der Waals surface area contributed by atoms with E-state index in [1.54, 1.807) is 29.8 Å². The predicted octanol–water partition coefficient (Wildman–Crippen LogP) is 2.11. The average molecular weight is 414 g/mol. The van der Waals surface area contributed by atoms with Gasteiger partial charge in [0.1, 0.15) is 23.8 Å². The summed E-state index contributed by atoms with van der Waals surface area (Å²) in [7, 11) is 1.77. The van der Waals surface area contributed by atoms with Gasteiger partial charge in [0.15, 0.2) is 6.17 Å². The first-order valence-corrected chi connectivity index (χ1v) is 10.0. The zero-order valence-corrected chi connectivity index (χ0v) is 17.2. The molecule has 2 aliphatic rings. The number of aryl methyl sites for hydroxylation is 1. The van der Waals surface area contributed by atoms with Gasteiger partial charge in [0.05, 0.1) is 17.6 Å². The lowest BCUT2D eigenvalue weighted by atomic mass is 9.93. The number of nitrogens with two attached hydrogens (primary N) is 1. The van der Waals surface area contributed by atoms with Gasteiger partial charge in [0.25, 0.3) is 5.56 Å². The second kappa shape index (κ2) is 7.09. The van der Waals surface area contributed by atoms with Gasteiger partial charge in [-0.15, -0.1) is 0 Å². The third-order valence-electron chi connectivity index (χ3n) is 5.92. The molecule has 0 fully saturated rings. The highest BCUT2D eigenvalue weighted by molar-refractivity contribution is 6.17. The molecule has 2 aliphatic heterocycles. The standard InChI is InChI=1S/C23H22N6O2/c1-13-5-3-6-14-9-16(28(2)23(31)18(13)14)11-29-22-19(21(24)25-12-26-22)20(27-29)15-7-4-8-17(30)10-15/h3-10,12,19,22,30H,11H2,1-2H3,(H2,24,25,26). The Bertz CT molecular complexity index is 1350. The van der Waals surface area contributed by atoms with Gasteiger partial charge < -0.3 is 15.4 Å². The molecule has 8 heteroatoms. The van der Waals surface area contributed by atoms with Gasteiger partial charge in [-0.2, -0.15) is 5.10 Å². The van der Waals surface area contributed by atoms with E-state index in [2.05, 4.69) is 9.98 Å². The Labute approximate surface area is 178 Å². The Morgan fingerprint density at radius 2 is 1.97 bits per heavy atom. The molecule has 2 atom stereocenters. The number of benzene rings is 2. The summed E-state index contributed by atoms with van der Waals surface area (Å²) >= 11 is 0.